The molecular weight excluding hydrogens is 201 g/mol. The van der Waals surface area contributed by atoms with E-state index in [2.05, 4.69) is 0 Å². The first-order valence-corrected chi connectivity index (χ1v) is 4.54. The molecule has 0 saturated heterocycles. The average Bonchev–Trinajstić information content (AvgIpc) is 1.92. The van der Waals surface area contributed by atoms with Gasteiger partial charge in [-0.05, 0) is 18.2 Å². The Morgan fingerprint density at radius 2 is 1.69 bits per heavy atom. The van der Waals surface area contributed by atoms with Crippen LogP contribution in [0, 0.1) is 0 Å². The van der Waals surface area contributed by atoms with Crippen molar-refractivity contribution in [3.05, 3.63) is 23.3 Å². The Hall–Kier alpha value is -0.270. The second-order valence-corrected chi connectivity index (χ2v) is 3.77. The minimum atomic E-state index is -3.93. The van der Waals surface area contributed by atoms with Crippen LogP contribution in [0.5, 0.6) is 0 Å². The molecule has 0 aliphatic heterocycles. The molecule has 0 aromatic heterocycles. The summed E-state index contributed by atoms with van der Waals surface area (Å²) in [5.74, 6) is 0. The summed E-state index contributed by atoms with van der Waals surface area (Å²) < 4.78 is 21.3. The smallest absolute Gasteiger partial charge is 0.0988 e. The van der Waals surface area contributed by atoms with Gasteiger partial charge in [-0.1, -0.05) is 0 Å². The zero-order valence-electron chi connectivity index (χ0n) is 7.11. The van der Waals surface area contributed by atoms with Crippen LogP contribution in [0.15, 0.2) is 23.1 Å². The Bertz CT molecular complexity index is 404. The molecule has 1 aromatic rings. The summed E-state index contributed by atoms with van der Waals surface area (Å²) in [6, 6.07) is 3.77. The van der Waals surface area contributed by atoms with Gasteiger partial charge >= 0.3 is 0 Å². The van der Waals surface area contributed by atoms with Gasteiger partial charge in [-0.15, -0.1) is 0 Å². The van der Waals surface area contributed by atoms with Crippen LogP contribution in [0.1, 0.15) is 0 Å². The van der Waals surface area contributed by atoms with Crippen molar-refractivity contribution in [1.82, 2.24) is 0 Å². The summed E-state index contributed by atoms with van der Waals surface area (Å²) in [4.78, 5) is -0.144. The van der Waals surface area contributed by atoms with Crippen LogP contribution < -0.4 is 11.5 Å². The first-order valence-electron chi connectivity index (χ1n) is 3.06. The molecule has 0 heterocycles. The number of nitrogens with one attached hydrogen (secondary N) is 1. The molecular formula is C6H8N3NaO2S-. The molecule has 5 N–H and O–H groups in total. The van der Waals surface area contributed by atoms with E-state index in [1.165, 1.54) is 12.1 Å². The molecule has 1 rings (SSSR count). The van der Waals surface area contributed by atoms with Gasteiger partial charge in [0.05, 0.1) is 26.3 Å². The molecule has 0 atom stereocenters. The van der Waals surface area contributed by atoms with Crippen LogP contribution in [0.4, 0.5) is 11.4 Å². The number of hydrogen-bond acceptors (Lipinski definition) is 4. The number of hydrogen-bond donors (Lipinski definition) is 2. The Morgan fingerprint density at radius 3 is 2.08 bits per heavy atom. The van der Waals surface area contributed by atoms with Gasteiger partial charge in [0, 0.05) is 29.6 Å². The normalized spacial score (nSPS) is 10.5. The minimum Gasteiger partial charge on any atom is -0.560 e. The summed E-state index contributed by atoms with van der Waals surface area (Å²) in [5, 5.41) is 6.72. The molecule has 67 valence electrons. The van der Waals surface area contributed by atoms with E-state index in [1.54, 1.807) is 0 Å². The van der Waals surface area contributed by atoms with Crippen molar-refractivity contribution >= 4 is 51.0 Å². The maximum absolute atomic E-state index is 10.7. The van der Waals surface area contributed by atoms with Gasteiger partial charge in [-0.25, -0.2) is 8.42 Å². The van der Waals surface area contributed by atoms with Crippen molar-refractivity contribution in [2.45, 2.75) is 4.90 Å². The average molecular weight is 209 g/mol. The quantitative estimate of drug-likeness (QED) is 0.508. The molecule has 0 saturated carbocycles. The largest absolute Gasteiger partial charge is 0.560 e. The van der Waals surface area contributed by atoms with Gasteiger partial charge in [0.1, 0.15) is 0 Å². The standard InChI is InChI=1S/C6H8N3O2S.Na/c7-5-2-1-4(3-6(5)8)12(9,10)11;/h1-3H,7-8H2,(H-,9,10,11);/q-1;. The maximum atomic E-state index is 10.7. The number of rotatable bonds is 1. The topological polar surface area (TPSA) is 110 Å². The number of benzene rings is 1. The molecule has 1 aromatic carbocycles. The van der Waals surface area contributed by atoms with Gasteiger partial charge in [0.15, 0.2) is 0 Å². The minimum absolute atomic E-state index is 0. The van der Waals surface area contributed by atoms with Crippen molar-refractivity contribution in [2.75, 3.05) is 11.5 Å². The monoisotopic (exact) mass is 209 g/mol. The van der Waals surface area contributed by atoms with Crippen molar-refractivity contribution in [2.24, 2.45) is 0 Å². The summed E-state index contributed by atoms with van der Waals surface area (Å²) in [7, 11) is -3.93. The van der Waals surface area contributed by atoms with Crippen molar-refractivity contribution in [3.63, 3.8) is 0 Å². The number of anilines is 2. The predicted octanol–water partition coefficient (Wildman–Crippen LogP) is 0.211. The number of sulfonamides is 1. The summed E-state index contributed by atoms with van der Waals surface area (Å²) in [6.45, 7) is 0. The second-order valence-electron chi connectivity index (χ2n) is 2.29. The summed E-state index contributed by atoms with van der Waals surface area (Å²) >= 11 is 0. The zero-order valence-corrected chi connectivity index (χ0v) is 9.93. The second kappa shape index (κ2) is 4.30. The molecule has 1 radical (unpaired) electrons. The van der Waals surface area contributed by atoms with Gasteiger partial charge in [0.2, 0.25) is 0 Å². The zero-order chi connectivity index (χ0) is 9.35. The van der Waals surface area contributed by atoms with Crippen LogP contribution in [0.25, 0.3) is 5.14 Å². The molecule has 0 aliphatic rings. The fourth-order valence-corrected chi connectivity index (χ4v) is 1.25. The Morgan fingerprint density at radius 1 is 1.15 bits per heavy atom. The molecule has 13 heavy (non-hydrogen) atoms. The Balaban J connectivity index is 0.00000144. The molecule has 0 unspecified atom stereocenters. The molecule has 0 aliphatic carbocycles. The van der Waals surface area contributed by atoms with E-state index in [0.717, 1.165) is 6.07 Å². The summed E-state index contributed by atoms with van der Waals surface area (Å²) in [5.41, 5.74) is 11.2. The van der Waals surface area contributed by atoms with Gasteiger partial charge in [0.25, 0.3) is 0 Å². The molecule has 0 fully saturated rings. The third-order valence-corrected chi connectivity index (χ3v) is 2.24. The van der Waals surface area contributed by atoms with Crippen LogP contribution in [0.3, 0.4) is 0 Å². The van der Waals surface area contributed by atoms with Crippen LogP contribution in [0.2, 0.25) is 0 Å². The van der Waals surface area contributed by atoms with E-state index in [-0.39, 0.29) is 40.1 Å². The van der Waals surface area contributed by atoms with Gasteiger partial charge < -0.3 is 16.6 Å². The third kappa shape index (κ3) is 3.17. The van der Waals surface area contributed by atoms with Gasteiger partial charge in [-0.3, -0.25) is 0 Å². The van der Waals surface area contributed by atoms with Crippen LogP contribution >= 0.6 is 0 Å². The van der Waals surface area contributed by atoms with E-state index in [9.17, 15) is 8.42 Å². The van der Waals surface area contributed by atoms with Crippen molar-refractivity contribution < 1.29 is 8.42 Å². The van der Waals surface area contributed by atoms with Crippen LogP contribution in [-0.2, 0) is 10.0 Å². The van der Waals surface area contributed by atoms with E-state index in [4.69, 9.17) is 16.6 Å². The van der Waals surface area contributed by atoms with Crippen molar-refractivity contribution in [3.8, 4) is 0 Å². The third-order valence-electron chi connectivity index (χ3n) is 1.37. The molecule has 5 nitrogen and oxygen atoms in total. The SMILES string of the molecule is [NH-]S(=O)(=O)c1ccc(N)c(N)c1.[Na]. The van der Waals surface area contributed by atoms with Gasteiger partial charge in [-0.2, -0.15) is 0 Å². The Kier molecular flexibility index (Phi) is 4.21. The fourth-order valence-electron chi connectivity index (χ4n) is 0.720. The number of nitrogens with two attached hydrogens (primary N) is 2. The Labute approximate surface area is 98.6 Å². The van der Waals surface area contributed by atoms with Crippen molar-refractivity contribution in [1.29, 1.82) is 0 Å². The van der Waals surface area contributed by atoms with E-state index < -0.39 is 10.0 Å². The summed E-state index contributed by atoms with van der Waals surface area (Å²) in [6.07, 6.45) is 0. The first kappa shape index (κ1) is 12.7. The number of nitrogen functional groups attached to an aromatic ring is 2. The predicted molar refractivity (Wildman–Crippen MR) is 52.5 cm³/mol. The van der Waals surface area contributed by atoms with E-state index >= 15 is 0 Å². The van der Waals surface area contributed by atoms with E-state index in [0.29, 0.717) is 5.69 Å². The molecule has 7 heteroatoms. The molecule has 0 spiro atoms. The molecule has 0 amide bonds. The van der Waals surface area contributed by atoms with Crippen LogP contribution in [-0.4, -0.2) is 38.0 Å². The first-order chi connectivity index (χ1) is 5.41. The molecule has 0 bridgehead atoms. The fraction of sp³-hybridized carbons (Fsp3) is 0. The van der Waals surface area contributed by atoms with E-state index in [1.807, 2.05) is 0 Å². The maximum Gasteiger partial charge on any atom is 0.0988 e.